The quantitative estimate of drug-likeness (QED) is 0.657. The third-order valence-electron chi connectivity index (χ3n) is 5.06. The highest BCUT2D eigenvalue weighted by Crippen LogP contribution is 2.26. The predicted octanol–water partition coefficient (Wildman–Crippen LogP) is 3.43. The van der Waals surface area contributed by atoms with Crippen molar-refractivity contribution < 1.29 is 14.2 Å². The largest absolute Gasteiger partial charge is 0.488 e. The highest BCUT2D eigenvalue weighted by Gasteiger charge is 2.23. The maximum absolute atomic E-state index is 13.8. The number of benzene rings is 2. The zero-order valence-corrected chi connectivity index (χ0v) is 15.6. The van der Waals surface area contributed by atoms with E-state index >= 15 is 0 Å². The molecule has 0 saturated carbocycles. The van der Waals surface area contributed by atoms with Crippen molar-refractivity contribution in [3.8, 4) is 5.75 Å². The Morgan fingerprint density at radius 3 is 3.07 bits per heavy atom. The number of pyridine rings is 1. The molecule has 1 aliphatic rings. The number of aliphatic hydroxyl groups excluding tert-OH is 1. The number of anilines is 1. The minimum absolute atomic E-state index is 0.0939. The molecule has 28 heavy (non-hydrogen) atoms. The van der Waals surface area contributed by atoms with Gasteiger partial charge in [0.1, 0.15) is 6.61 Å². The molecule has 1 saturated heterocycles. The second-order valence-electron chi connectivity index (χ2n) is 7.10. The number of aliphatic hydroxyl groups is 1. The molecular formula is C22H24FN3O2. The minimum Gasteiger partial charge on any atom is -0.488 e. The average molecular weight is 381 g/mol. The van der Waals surface area contributed by atoms with Gasteiger partial charge in [0.05, 0.1) is 6.61 Å². The van der Waals surface area contributed by atoms with E-state index in [2.05, 4.69) is 27.3 Å². The number of fused-ring (bicyclic) bond motifs is 1. The van der Waals surface area contributed by atoms with Crippen LogP contribution in [0.25, 0.3) is 10.8 Å². The van der Waals surface area contributed by atoms with Crippen molar-refractivity contribution in [2.24, 2.45) is 0 Å². The van der Waals surface area contributed by atoms with Crippen molar-refractivity contribution in [3.63, 3.8) is 0 Å². The van der Waals surface area contributed by atoms with Crippen LogP contribution in [0.15, 0.2) is 54.9 Å². The van der Waals surface area contributed by atoms with E-state index in [1.165, 1.54) is 11.5 Å². The molecule has 2 N–H and O–H groups in total. The lowest BCUT2D eigenvalue weighted by atomic mass is 10.1. The van der Waals surface area contributed by atoms with Crippen molar-refractivity contribution >= 4 is 16.5 Å². The van der Waals surface area contributed by atoms with Gasteiger partial charge in [-0.1, -0.05) is 18.2 Å². The summed E-state index contributed by atoms with van der Waals surface area (Å²) in [7, 11) is 0. The summed E-state index contributed by atoms with van der Waals surface area (Å²) in [5, 5.41) is 14.8. The molecule has 1 fully saturated rings. The van der Waals surface area contributed by atoms with Crippen molar-refractivity contribution in [1.82, 2.24) is 9.88 Å². The molecule has 1 aliphatic heterocycles. The van der Waals surface area contributed by atoms with Crippen LogP contribution in [0.2, 0.25) is 0 Å². The molecule has 1 atom stereocenters. The SMILES string of the molecule is OCCOc1cc(CN2CC[C@@H](Nc3cccc4cnccc34)C2)ccc1F. The van der Waals surface area contributed by atoms with Gasteiger partial charge in [-0.2, -0.15) is 0 Å². The number of hydrogen-bond donors (Lipinski definition) is 2. The molecule has 2 aromatic carbocycles. The molecule has 2 heterocycles. The van der Waals surface area contributed by atoms with Gasteiger partial charge >= 0.3 is 0 Å². The summed E-state index contributed by atoms with van der Waals surface area (Å²) in [6.45, 7) is 2.61. The van der Waals surface area contributed by atoms with Gasteiger partial charge in [0.2, 0.25) is 0 Å². The fraction of sp³-hybridized carbons (Fsp3) is 0.318. The number of likely N-dealkylation sites (tertiary alicyclic amines) is 1. The fourth-order valence-corrected chi connectivity index (χ4v) is 3.73. The summed E-state index contributed by atoms with van der Waals surface area (Å²) < 4.78 is 19.1. The van der Waals surface area contributed by atoms with E-state index < -0.39 is 5.82 Å². The topological polar surface area (TPSA) is 57.6 Å². The second kappa shape index (κ2) is 8.54. The van der Waals surface area contributed by atoms with Crippen LogP contribution in [0, 0.1) is 5.82 Å². The smallest absolute Gasteiger partial charge is 0.165 e. The fourth-order valence-electron chi connectivity index (χ4n) is 3.73. The van der Waals surface area contributed by atoms with Crippen LogP contribution in [0.4, 0.5) is 10.1 Å². The summed E-state index contributed by atoms with van der Waals surface area (Å²) in [4.78, 5) is 6.54. The zero-order valence-electron chi connectivity index (χ0n) is 15.6. The molecule has 4 rings (SSSR count). The van der Waals surface area contributed by atoms with Crippen molar-refractivity contribution in [2.45, 2.75) is 19.0 Å². The van der Waals surface area contributed by atoms with Crippen LogP contribution in [0.1, 0.15) is 12.0 Å². The van der Waals surface area contributed by atoms with Crippen LogP contribution < -0.4 is 10.1 Å². The Hall–Kier alpha value is -2.70. The number of ether oxygens (including phenoxy) is 1. The van der Waals surface area contributed by atoms with Gasteiger partial charge in [-0.3, -0.25) is 9.88 Å². The highest BCUT2D eigenvalue weighted by molar-refractivity contribution is 5.93. The third-order valence-corrected chi connectivity index (χ3v) is 5.06. The summed E-state index contributed by atoms with van der Waals surface area (Å²) in [6.07, 6.45) is 4.75. The standard InChI is InChI=1S/C22H24FN3O2/c23-20-5-4-16(12-22(20)28-11-10-27)14-26-9-7-18(15-26)25-21-3-1-2-17-13-24-8-6-19(17)21/h1-6,8,12-13,18,25,27H,7,9-11,14-15H2/t18-/m1/s1. The Bertz CT molecular complexity index is 945. The van der Waals surface area contributed by atoms with Gasteiger partial charge in [-0.05, 0) is 36.2 Å². The Balaban J connectivity index is 1.39. The summed E-state index contributed by atoms with van der Waals surface area (Å²) in [5.41, 5.74) is 2.14. The number of aromatic nitrogens is 1. The molecule has 0 spiro atoms. The highest BCUT2D eigenvalue weighted by atomic mass is 19.1. The maximum Gasteiger partial charge on any atom is 0.165 e. The van der Waals surface area contributed by atoms with E-state index in [9.17, 15) is 4.39 Å². The molecule has 6 heteroatoms. The Kier molecular flexibility index (Phi) is 5.69. The molecule has 3 aromatic rings. The lowest BCUT2D eigenvalue weighted by molar-refractivity contribution is 0.196. The summed E-state index contributed by atoms with van der Waals surface area (Å²) in [5.74, 6) is -0.201. The normalized spacial score (nSPS) is 17.1. The van der Waals surface area contributed by atoms with Gasteiger partial charge in [0, 0.05) is 54.5 Å². The van der Waals surface area contributed by atoms with Crippen LogP contribution in [-0.4, -0.2) is 47.3 Å². The summed E-state index contributed by atoms with van der Waals surface area (Å²) in [6, 6.07) is 13.6. The first-order valence-electron chi connectivity index (χ1n) is 9.56. The van der Waals surface area contributed by atoms with E-state index in [4.69, 9.17) is 9.84 Å². The van der Waals surface area contributed by atoms with E-state index in [-0.39, 0.29) is 19.0 Å². The van der Waals surface area contributed by atoms with Crippen molar-refractivity contribution in [3.05, 3.63) is 66.2 Å². The predicted molar refractivity (Wildman–Crippen MR) is 108 cm³/mol. The van der Waals surface area contributed by atoms with Crippen LogP contribution in [0.5, 0.6) is 5.75 Å². The summed E-state index contributed by atoms with van der Waals surface area (Å²) >= 11 is 0. The van der Waals surface area contributed by atoms with Crippen molar-refractivity contribution in [1.29, 1.82) is 0 Å². The first-order valence-corrected chi connectivity index (χ1v) is 9.56. The van der Waals surface area contributed by atoms with Crippen LogP contribution in [0.3, 0.4) is 0 Å². The van der Waals surface area contributed by atoms with E-state index in [1.807, 2.05) is 24.5 Å². The average Bonchev–Trinajstić information content (AvgIpc) is 3.15. The van der Waals surface area contributed by atoms with Crippen LogP contribution in [-0.2, 0) is 6.54 Å². The Morgan fingerprint density at radius 1 is 1.25 bits per heavy atom. The van der Waals surface area contributed by atoms with E-state index in [0.29, 0.717) is 6.04 Å². The molecule has 0 radical (unpaired) electrons. The number of halogens is 1. The molecular weight excluding hydrogens is 357 g/mol. The van der Waals surface area contributed by atoms with Gasteiger partial charge in [0.15, 0.2) is 11.6 Å². The minimum atomic E-state index is -0.399. The van der Waals surface area contributed by atoms with Crippen LogP contribution >= 0.6 is 0 Å². The molecule has 0 aliphatic carbocycles. The zero-order chi connectivity index (χ0) is 19.3. The molecule has 0 amide bonds. The molecule has 1 aromatic heterocycles. The Morgan fingerprint density at radius 2 is 2.18 bits per heavy atom. The molecule has 0 unspecified atom stereocenters. The monoisotopic (exact) mass is 381 g/mol. The first kappa shape index (κ1) is 18.7. The molecule has 0 bridgehead atoms. The molecule has 146 valence electrons. The van der Waals surface area contributed by atoms with Gasteiger partial charge in [-0.15, -0.1) is 0 Å². The van der Waals surface area contributed by atoms with Gasteiger partial charge < -0.3 is 15.2 Å². The molecule has 5 nitrogen and oxygen atoms in total. The second-order valence-corrected chi connectivity index (χ2v) is 7.10. The lowest BCUT2D eigenvalue weighted by Crippen LogP contribution is -2.26. The van der Waals surface area contributed by atoms with Gasteiger partial charge in [-0.25, -0.2) is 4.39 Å². The van der Waals surface area contributed by atoms with Crippen molar-refractivity contribution in [2.75, 3.05) is 31.6 Å². The van der Waals surface area contributed by atoms with Gasteiger partial charge in [0.25, 0.3) is 0 Å². The Labute approximate surface area is 163 Å². The maximum atomic E-state index is 13.8. The number of nitrogens with zero attached hydrogens (tertiary/aromatic N) is 2. The van der Waals surface area contributed by atoms with E-state index in [1.54, 1.807) is 12.1 Å². The number of hydrogen-bond acceptors (Lipinski definition) is 5. The third kappa shape index (κ3) is 4.24. The first-order chi connectivity index (χ1) is 13.7. The number of nitrogens with one attached hydrogen (secondary N) is 1. The lowest BCUT2D eigenvalue weighted by Gasteiger charge is -2.19. The number of rotatable bonds is 7. The van der Waals surface area contributed by atoms with E-state index in [0.717, 1.165) is 42.7 Å².